The molecule has 0 bridgehead atoms. The number of aliphatic hydroxyl groups is 1. The van der Waals surface area contributed by atoms with Gasteiger partial charge in [-0.1, -0.05) is 0 Å². The molecule has 0 unspecified atom stereocenters. The summed E-state index contributed by atoms with van der Waals surface area (Å²) in [7, 11) is 0. The summed E-state index contributed by atoms with van der Waals surface area (Å²) in [4.78, 5) is 2.54. The number of nitrogens with two attached hydrogens (primary N) is 1. The number of pyridine rings is 1. The van der Waals surface area contributed by atoms with Gasteiger partial charge in [0.1, 0.15) is 49.5 Å². The summed E-state index contributed by atoms with van der Waals surface area (Å²) in [6, 6.07) is 7.73. The average molecular weight is 375 g/mol. The summed E-state index contributed by atoms with van der Waals surface area (Å²) in [5.74, 6) is -0.0110. The van der Waals surface area contributed by atoms with Crippen molar-refractivity contribution in [2.75, 3.05) is 31.6 Å². The van der Waals surface area contributed by atoms with Gasteiger partial charge in [0.25, 0.3) is 5.82 Å². The van der Waals surface area contributed by atoms with Crippen LogP contribution in [0.2, 0.25) is 0 Å². The van der Waals surface area contributed by atoms with E-state index >= 15 is 0 Å². The van der Waals surface area contributed by atoms with Gasteiger partial charge in [0.15, 0.2) is 0 Å². The summed E-state index contributed by atoms with van der Waals surface area (Å²) < 4.78 is 56.6. The van der Waals surface area contributed by atoms with Crippen molar-refractivity contribution in [3.05, 3.63) is 54.0 Å². The second kappa shape index (κ2) is 9.35. The van der Waals surface area contributed by atoms with Gasteiger partial charge in [-0.3, -0.25) is 5.32 Å². The molecule has 5 nitrogen and oxygen atoms in total. The van der Waals surface area contributed by atoms with E-state index < -0.39 is 17.8 Å². The number of aromatic amines is 1. The standard InChI is InChI=1S/C17H19F4N3O2/c18-12-3-5-14(6-4-12)26-11-13(25)10-22-8-9-24-16-15(17(19,20)21)2-1-7-23-16/h1-7,13,22,25H,8-11H2,(H,23,24)/p+2/t13-/m0/s1. The van der Waals surface area contributed by atoms with Gasteiger partial charge in [-0.25, -0.2) is 9.37 Å². The third-order valence-electron chi connectivity index (χ3n) is 3.51. The maximum Gasteiger partial charge on any atom is 0.424 e. The van der Waals surface area contributed by atoms with Gasteiger partial charge >= 0.3 is 6.18 Å². The summed E-state index contributed by atoms with van der Waals surface area (Å²) in [5, 5.41) is 14.3. The monoisotopic (exact) mass is 375 g/mol. The van der Waals surface area contributed by atoms with Crippen LogP contribution in [-0.2, 0) is 6.18 Å². The van der Waals surface area contributed by atoms with Gasteiger partial charge in [0.2, 0.25) is 0 Å². The van der Waals surface area contributed by atoms with Crippen LogP contribution in [0.3, 0.4) is 0 Å². The Labute approximate surface area is 148 Å². The molecule has 0 fully saturated rings. The highest BCUT2D eigenvalue weighted by atomic mass is 19.4. The number of hydrogen-bond donors (Lipinski definition) is 3. The molecule has 142 valence electrons. The highest BCUT2D eigenvalue weighted by Crippen LogP contribution is 2.32. The van der Waals surface area contributed by atoms with Crippen LogP contribution >= 0.6 is 0 Å². The first-order valence-corrected chi connectivity index (χ1v) is 8.06. The first kappa shape index (κ1) is 19.9. The smallest absolute Gasteiger partial charge is 0.424 e. The minimum atomic E-state index is -4.43. The number of anilines is 1. The van der Waals surface area contributed by atoms with Crippen molar-refractivity contribution in [2.24, 2.45) is 0 Å². The number of quaternary nitrogens is 1. The molecule has 26 heavy (non-hydrogen) atoms. The topological polar surface area (TPSA) is 72.2 Å². The van der Waals surface area contributed by atoms with E-state index in [9.17, 15) is 22.7 Å². The van der Waals surface area contributed by atoms with Crippen LogP contribution in [0.25, 0.3) is 0 Å². The Kier molecular flexibility index (Phi) is 7.16. The fraction of sp³-hybridized carbons (Fsp3) is 0.353. The first-order valence-electron chi connectivity index (χ1n) is 8.06. The normalized spacial score (nSPS) is 12.7. The molecule has 0 amide bonds. The van der Waals surface area contributed by atoms with E-state index in [1.54, 1.807) is 5.32 Å². The quantitative estimate of drug-likeness (QED) is 0.454. The second-order valence-electron chi connectivity index (χ2n) is 5.62. The van der Waals surface area contributed by atoms with Gasteiger partial charge in [0.05, 0.1) is 6.20 Å². The third kappa shape index (κ3) is 6.49. The van der Waals surface area contributed by atoms with Gasteiger partial charge in [-0.15, -0.1) is 0 Å². The Morgan fingerprint density at radius 1 is 1.19 bits per heavy atom. The Morgan fingerprint density at radius 3 is 2.62 bits per heavy atom. The lowest BCUT2D eigenvalue weighted by atomic mass is 10.2. The highest BCUT2D eigenvalue weighted by molar-refractivity contribution is 5.40. The van der Waals surface area contributed by atoms with E-state index in [4.69, 9.17) is 4.74 Å². The maximum atomic E-state index is 12.8. The SMILES string of the molecule is O[C@@H](C[NH2+]CCNc1[nH+]cccc1C(F)(F)F)COc1ccc(F)cc1. The van der Waals surface area contributed by atoms with Gasteiger partial charge < -0.3 is 15.2 Å². The summed E-state index contributed by atoms with van der Waals surface area (Å²) >= 11 is 0. The number of alkyl halides is 3. The summed E-state index contributed by atoms with van der Waals surface area (Å²) in [6.07, 6.45) is -3.77. The van der Waals surface area contributed by atoms with Crippen LogP contribution < -0.4 is 20.4 Å². The zero-order valence-electron chi connectivity index (χ0n) is 13.9. The lowest BCUT2D eigenvalue weighted by Gasteiger charge is -2.11. The predicted octanol–water partition coefficient (Wildman–Crippen LogP) is 1.07. The lowest BCUT2D eigenvalue weighted by Crippen LogP contribution is -2.87. The van der Waals surface area contributed by atoms with Crippen LogP contribution in [0.15, 0.2) is 42.6 Å². The molecule has 1 heterocycles. The minimum Gasteiger partial charge on any atom is -0.491 e. The largest absolute Gasteiger partial charge is 0.491 e. The van der Waals surface area contributed by atoms with Crippen molar-refractivity contribution in [1.82, 2.24) is 0 Å². The molecule has 9 heteroatoms. The molecule has 2 aromatic rings. The van der Waals surface area contributed by atoms with Crippen LogP contribution in [0, 0.1) is 5.82 Å². The number of benzene rings is 1. The lowest BCUT2D eigenvalue weighted by molar-refractivity contribution is -0.658. The van der Waals surface area contributed by atoms with E-state index in [0.717, 1.165) is 6.07 Å². The zero-order valence-corrected chi connectivity index (χ0v) is 13.9. The molecular weight excluding hydrogens is 354 g/mol. The number of halogens is 4. The Morgan fingerprint density at radius 2 is 1.92 bits per heavy atom. The van der Waals surface area contributed by atoms with Crippen molar-refractivity contribution in [3.8, 4) is 5.75 Å². The molecule has 0 aliphatic carbocycles. The van der Waals surface area contributed by atoms with Crippen LogP contribution in [0.5, 0.6) is 5.75 Å². The van der Waals surface area contributed by atoms with Crippen molar-refractivity contribution in [3.63, 3.8) is 0 Å². The number of hydrogen-bond acceptors (Lipinski definition) is 3. The Balaban J connectivity index is 1.65. The van der Waals surface area contributed by atoms with Crippen molar-refractivity contribution in [1.29, 1.82) is 0 Å². The third-order valence-corrected chi connectivity index (χ3v) is 3.51. The molecule has 0 radical (unpaired) electrons. The number of nitrogens with one attached hydrogen (secondary N) is 2. The number of H-pyrrole nitrogens is 1. The highest BCUT2D eigenvalue weighted by Gasteiger charge is 2.36. The van der Waals surface area contributed by atoms with Crippen LogP contribution in [0.4, 0.5) is 23.4 Å². The number of rotatable bonds is 9. The van der Waals surface area contributed by atoms with Crippen LogP contribution in [0.1, 0.15) is 5.56 Å². The molecule has 2 rings (SSSR count). The Bertz CT molecular complexity index is 680. The molecule has 1 atom stereocenters. The van der Waals surface area contributed by atoms with Crippen LogP contribution in [-0.4, -0.2) is 37.5 Å². The molecule has 1 aromatic carbocycles. The second-order valence-corrected chi connectivity index (χ2v) is 5.62. The molecule has 0 aliphatic rings. The molecule has 0 spiro atoms. The number of ether oxygens (including phenoxy) is 1. The molecule has 5 N–H and O–H groups in total. The molecule has 0 aliphatic heterocycles. The fourth-order valence-electron chi connectivity index (χ4n) is 2.22. The van der Waals surface area contributed by atoms with Gasteiger partial charge in [0, 0.05) is 0 Å². The number of aliphatic hydroxyl groups excluding tert-OH is 1. The van der Waals surface area contributed by atoms with E-state index in [1.807, 2.05) is 0 Å². The Hall–Kier alpha value is -2.39. The maximum absolute atomic E-state index is 12.8. The van der Waals surface area contributed by atoms with E-state index in [-0.39, 0.29) is 24.8 Å². The van der Waals surface area contributed by atoms with E-state index in [2.05, 4.69) is 10.3 Å². The van der Waals surface area contributed by atoms with E-state index in [1.165, 1.54) is 36.5 Å². The van der Waals surface area contributed by atoms with Gasteiger partial charge in [-0.05, 0) is 36.4 Å². The van der Waals surface area contributed by atoms with Crippen molar-refractivity contribution < 1.29 is 37.7 Å². The summed E-state index contributed by atoms with van der Waals surface area (Å²) in [5.41, 5.74) is -0.757. The first-order chi connectivity index (χ1) is 12.4. The average Bonchev–Trinajstić information content (AvgIpc) is 2.60. The molecular formula is C17H21F4N3O2+2. The van der Waals surface area contributed by atoms with Crippen molar-refractivity contribution >= 4 is 5.82 Å². The predicted molar refractivity (Wildman–Crippen MR) is 86.1 cm³/mol. The molecule has 0 saturated heterocycles. The fourth-order valence-corrected chi connectivity index (χ4v) is 2.22. The van der Waals surface area contributed by atoms with Crippen molar-refractivity contribution in [2.45, 2.75) is 12.3 Å². The van der Waals surface area contributed by atoms with E-state index in [0.29, 0.717) is 18.8 Å². The number of aromatic nitrogens is 1. The molecule has 1 aromatic heterocycles. The minimum absolute atomic E-state index is 0.0419. The van der Waals surface area contributed by atoms with Gasteiger partial charge in [-0.2, -0.15) is 13.2 Å². The summed E-state index contributed by atoms with van der Waals surface area (Å²) in [6.45, 7) is 1.12. The zero-order chi connectivity index (χ0) is 19.0. The molecule has 0 saturated carbocycles.